The molecule has 0 saturated heterocycles. The average Bonchev–Trinajstić information content (AvgIpc) is 1.84. The summed E-state index contributed by atoms with van der Waals surface area (Å²) in [6.07, 6.45) is 0.558. The fraction of sp³-hybridized carbons (Fsp3) is 0.400. The lowest BCUT2D eigenvalue weighted by atomic mass is 10.8. The first-order valence-electron chi connectivity index (χ1n) is 2.73. The third-order valence-electron chi connectivity index (χ3n) is 0.542. The lowest BCUT2D eigenvalue weighted by molar-refractivity contribution is -0.276. The molecule has 0 radical (unpaired) electrons. The van der Waals surface area contributed by atoms with E-state index in [2.05, 4.69) is 9.68 Å². The molecule has 11 heavy (non-hydrogen) atoms. The first-order valence-corrected chi connectivity index (χ1v) is 2.73. The molecule has 0 saturated carbocycles. The summed E-state index contributed by atoms with van der Waals surface area (Å²) in [4.78, 5) is 28.9. The van der Waals surface area contributed by atoms with E-state index in [0.29, 0.717) is 11.6 Å². The Bertz CT molecular complexity index is 163. The van der Waals surface area contributed by atoms with E-state index >= 15 is 0 Å². The van der Waals surface area contributed by atoms with Gasteiger partial charge in [-0.1, -0.05) is 0 Å². The van der Waals surface area contributed by atoms with Crippen LogP contribution in [0.1, 0.15) is 13.8 Å². The van der Waals surface area contributed by atoms with Crippen molar-refractivity contribution in [1.82, 2.24) is 5.23 Å². The molecule has 0 rings (SSSR count). The highest BCUT2D eigenvalue weighted by atomic mass is 17.0. The Hall–Kier alpha value is -1.59. The average molecular weight is 160 g/mol. The summed E-state index contributed by atoms with van der Waals surface area (Å²) in [6, 6.07) is 0. The van der Waals surface area contributed by atoms with Gasteiger partial charge in [0.25, 0.3) is 0 Å². The van der Waals surface area contributed by atoms with Crippen LogP contribution in [0.3, 0.4) is 0 Å². The van der Waals surface area contributed by atoms with Crippen LogP contribution in [-0.4, -0.2) is 23.5 Å². The Labute approximate surface area is 63.1 Å². The van der Waals surface area contributed by atoms with Gasteiger partial charge in [-0.25, -0.2) is 9.59 Å². The van der Waals surface area contributed by atoms with Crippen LogP contribution in [0.25, 0.3) is 0 Å². The Morgan fingerprint density at radius 3 is 1.82 bits per heavy atom. The molecule has 0 fully saturated rings. The lowest BCUT2D eigenvalue weighted by Gasteiger charge is -2.12. The summed E-state index contributed by atoms with van der Waals surface area (Å²) in [5.41, 5.74) is 0. The molecule has 0 aromatic rings. The lowest BCUT2D eigenvalue weighted by Crippen LogP contribution is -2.26. The van der Waals surface area contributed by atoms with Crippen LogP contribution in [0, 0.1) is 5.41 Å². The van der Waals surface area contributed by atoms with Crippen molar-refractivity contribution in [3.63, 3.8) is 0 Å². The maximum Gasteiger partial charge on any atom is 0.333 e. The van der Waals surface area contributed by atoms with Crippen LogP contribution < -0.4 is 0 Å². The summed E-state index contributed by atoms with van der Waals surface area (Å²) in [6.45, 7) is 2.25. The fourth-order valence-electron chi connectivity index (χ4n) is 0.325. The van der Waals surface area contributed by atoms with Crippen LogP contribution in [0.15, 0.2) is 0 Å². The van der Waals surface area contributed by atoms with Gasteiger partial charge in [0.1, 0.15) is 0 Å². The van der Waals surface area contributed by atoms with Crippen molar-refractivity contribution in [2.75, 3.05) is 0 Å². The number of hydrogen-bond donors (Lipinski definition) is 1. The van der Waals surface area contributed by atoms with Gasteiger partial charge >= 0.3 is 11.9 Å². The van der Waals surface area contributed by atoms with Crippen molar-refractivity contribution in [3.8, 4) is 0 Å². The second-order valence-corrected chi connectivity index (χ2v) is 1.58. The van der Waals surface area contributed by atoms with Crippen molar-refractivity contribution in [3.05, 3.63) is 0 Å². The van der Waals surface area contributed by atoms with Gasteiger partial charge in [-0.3, -0.25) is 5.41 Å². The van der Waals surface area contributed by atoms with Crippen molar-refractivity contribution in [2.24, 2.45) is 0 Å². The van der Waals surface area contributed by atoms with E-state index in [-0.39, 0.29) is 0 Å². The van der Waals surface area contributed by atoms with Crippen molar-refractivity contribution in [1.29, 1.82) is 5.41 Å². The number of nitrogens with one attached hydrogen (secondary N) is 1. The minimum Gasteiger partial charge on any atom is -0.305 e. The molecule has 0 bridgehead atoms. The van der Waals surface area contributed by atoms with Crippen LogP contribution in [-0.2, 0) is 19.3 Å². The molecule has 0 atom stereocenters. The first-order chi connectivity index (χ1) is 5.06. The topological polar surface area (TPSA) is 79.7 Å². The zero-order valence-corrected chi connectivity index (χ0v) is 6.16. The van der Waals surface area contributed by atoms with Gasteiger partial charge in [0.05, 0.1) is 0 Å². The summed E-state index contributed by atoms with van der Waals surface area (Å²) >= 11 is 0. The highest BCUT2D eigenvalue weighted by Gasteiger charge is 2.06. The van der Waals surface area contributed by atoms with Gasteiger partial charge < -0.3 is 9.68 Å². The van der Waals surface area contributed by atoms with Gasteiger partial charge in [-0.15, -0.1) is 0 Å². The molecular weight excluding hydrogens is 152 g/mol. The van der Waals surface area contributed by atoms with Gasteiger partial charge in [0, 0.05) is 13.8 Å². The van der Waals surface area contributed by atoms with E-state index in [9.17, 15) is 9.59 Å². The predicted molar refractivity (Wildman–Crippen MR) is 34.2 cm³/mol. The molecular formula is C5H8N2O4. The molecule has 0 aliphatic rings. The number of hydroxylamine groups is 2. The maximum absolute atomic E-state index is 10.2. The number of carbonyl (C=O) groups is 2. The fourth-order valence-corrected chi connectivity index (χ4v) is 0.325. The molecule has 0 aromatic heterocycles. The third kappa shape index (κ3) is 4.89. The molecule has 62 valence electrons. The van der Waals surface area contributed by atoms with E-state index in [4.69, 9.17) is 5.41 Å². The number of hydrogen-bond acceptors (Lipinski definition) is 5. The van der Waals surface area contributed by atoms with Gasteiger partial charge in [0.2, 0.25) is 0 Å². The van der Waals surface area contributed by atoms with Crippen LogP contribution in [0.4, 0.5) is 0 Å². The molecule has 0 heterocycles. The Balaban J connectivity index is 3.85. The molecule has 6 heteroatoms. The largest absolute Gasteiger partial charge is 0.333 e. The minimum atomic E-state index is -0.672. The molecule has 6 nitrogen and oxygen atoms in total. The van der Waals surface area contributed by atoms with E-state index in [1.54, 1.807) is 0 Å². The quantitative estimate of drug-likeness (QED) is 0.353. The molecule has 0 amide bonds. The Kier molecular flexibility index (Phi) is 3.65. The second-order valence-electron chi connectivity index (χ2n) is 1.58. The number of nitrogens with zero attached hydrogens (tertiary/aromatic N) is 1. The molecule has 0 aromatic carbocycles. The van der Waals surface area contributed by atoms with E-state index in [0.717, 1.165) is 13.8 Å². The normalized spacial score (nSPS) is 8.18. The first kappa shape index (κ1) is 9.41. The maximum atomic E-state index is 10.2. The highest BCUT2D eigenvalue weighted by Crippen LogP contribution is 1.89. The molecule has 0 spiro atoms. The van der Waals surface area contributed by atoms with E-state index in [1.165, 1.54) is 0 Å². The zero-order valence-electron chi connectivity index (χ0n) is 6.16. The number of rotatable bonds is 3. The van der Waals surface area contributed by atoms with Gasteiger partial charge in [-0.2, -0.15) is 0 Å². The monoisotopic (exact) mass is 160 g/mol. The van der Waals surface area contributed by atoms with Crippen molar-refractivity contribution in [2.45, 2.75) is 13.8 Å². The van der Waals surface area contributed by atoms with Crippen molar-refractivity contribution < 1.29 is 19.3 Å². The second kappa shape index (κ2) is 4.26. The summed E-state index contributed by atoms with van der Waals surface area (Å²) in [5.74, 6) is -1.34. The smallest absolute Gasteiger partial charge is 0.305 e. The SMILES string of the molecule is CC(=O)ON(C=N)OC(C)=O. The Morgan fingerprint density at radius 2 is 1.64 bits per heavy atom. The predicted octanol–water partition coefficient (Wildman–Crippen LogP) is -0.148. The number of carbonyl (C=O) groups excluding carboxylic acids is 2. The van der Waals surface area contributed by atoms with Crippen LogP contribution >= 0.6 is 0 Å². The molecule has 1 N–H and O–H groups in total. The van der Waals surface area contributed by atoms with E-state index in [1.807, 2.05) is 0 Å². The zero-order chi connectivity index (χ0) is 8.85. The van der Waals surface area contributed by atoms with Gasteiger partial charge in [-0.05, 0) is 5.23 Å². The highest BCUT2D eigenvalue weighted by molar-refractivity contribution is 5.69. The van der Waals surface area contributed by atoms with E-state index < -0.39 is 11.9 Å². The summed E-state index contributed by atoms with van der Waals surface area (Å²) < 4.78 is 0. The minimum absolute atomic E-state index is 0.366. The molecule has 0 aliphatic carbocycles. The Morgan fingerprint density at radius 1 is 1.27 bits per heavy atom. The van der Waals surface area contributed by atoms with Crippen LogP contribution in [0.2, 0.25) is 0 Å². The van der Waals surface area contributed by atoms with Crippen LogP contribution in [0.5, 0.6) is 0 Å². The van der Waals surface area contributed by atoms with Gasteiger partial charge in [0.15, 0.2) is 6.34 Å². The molecule has 0 unspecified atom stereocenters. The third-order valence-corrected chi connectivity index (χ3v) is 0.542. The standard InChI is InChI=1S/C5H8N2O4/c1-4(8)10-7(3-6)11-5(2)9/h3,6H,1-2H3. The summed E-state index contributed by atoms with van der Waals surface area (Å²) in [7, 11) is 0. The summed E-state index contributed by atoms with van der Waals surface area (Å²) in [5, 5.41) is 6.96. The molecule has 0 aliphatic heterocycles. The van der Waals surface area contributed by atoms with Crippen molar-refractivity contribution >= 4 is 18.3 Å².